The number of carbonyl (C=O) groups excluding carboxylic acids is 2. The first-order chi connectivity index (χ1) is 16.6. The molecule has 0 atom stereocenters. The molecule has 0 spiro atoms. The highest BCUT2D eigenvalue weighted by Crippen LogP contribution is 2.29. The highest BCUT2D eigenvalue weighted by atomic mass is 19.1. The summed E-state index contributed by atoms with van der Waals surface area (Å²) < 4.78 is 13.0. The number of piperazine rings is 1. The highest BCUT2D eigenvalue weighted by molar-refractivity contribution is 5.94. The first-order valence-corrected chi connectivity index (χ1v) is 11.8. The fourth-order valence-electron chi connectivity index (χ4n) is 4.42. The first kappa shape index (κ1) is 23.6. The number of hydrogen-bond donors (Lipinski definition) is 1. The predicted molar refractivity (Wildman–Crippen MR) is 131 cm³/mol. The summed E-state index contributed by atoms with van der Waals surface area (Å²) in [6, 6.07) is 26.6. The Morgan fingerprint density at radius 2 is 1.35 bits per heavy atom. The van der Waals surface area contributed by atoms with Crippen LogP contribution in [0.4, 0.5) is 4.39 Å². The van der Waals surface area contributed by atoms with Gasteiger partial charge < -0.3 is 10.2 Å². The van der Waals surface area contributed by atoms with Gasteiger partial charge in [-0.2, -0.15) is 0 Å². The van der Waals surface area contributed by atoms with Crippen molar-refractivity contribution >= 4 is 11.8 Å². The van der Waals surface area contributed by atoms with Gasteiger partial charge in [0, 0.05) is 44.7 Å². The number of benzene rings is 3. The van der Waals surface area contributed by atoms with Crippen LogP contribution in [0.2, 0.25) is 0 Å². The Morgan fingerprint density at radius 1 is 0.794 bits per heavy atom. The van der Waals surface area contributed by atoms with Crippen molar-refractivity contribution in [2.45, 2.75) is 18.9 Å². The molecule has 0 aliphatic carbocycles. The van der Waals surface area contributed by atoms with Crippen LogP contribution >= 0.6 is 0 Å². The van der Waals surface area contributed by atoms with Crippen LogP contribution in [0.1, 0.15) is 40.4 Å². The maximum Gasteiger partial charge on any atom is 0.251 e. The summed E-state index contributed by atoms with van der Waals surface area (Å²) in [5.74, 6) is -0.512. The second kappa shape index (κ2) is 11.6. The third-order valence-corrected chi connectivity index (χ3v) is 6.22. The topological polar surface area (TPSA) is 52.7 Å². The van der Waals surface area contributed by atoms with Crippen LogP contribution in [0.25, 0.3) is 0 Å². The van der Waals surface area contributed by atoms with E-state index in [1.54, 1.807) is 0 Å². The summed E-state index contributed by atoms with van der Waals surface area (Å²) in [5.41, 5.74) is 2.92. The van der Waals surface area contributed by atoms with E-state index in [9.17, 15) is 14.0 Å². The lowest BCUT2D eigenvalue weighted by molar-refractivity contribution is -0.133. The van der Waals surface area contributed by atoms with Gasteiger partial charge in [0.25, 0.3) is 5.91 Å². The van der Waals surface area contributed by atoms with Gasteiger partial charge in [0.15, 0.2) is 0 Å². The molecule has 0 radical (unpaired) electrons. The Hall–Kier alpha value is -3.51. The highest BCUT2D eigenvalue weighted by Gasteiger charge is 2.27. The van der Waals surface area contributed by atoms with Crippen LogP contribution in [-0.4, -0.2) is 54.3 Å². The van der Waals surface area contributed by atoms with Gasteiger partial charge in [0.2, 0.25) is 5.91 Å². The zero-order valence-electron chi connectivity index (χ0n) is 19.2. The summed E-state index contributed by atoms with van der Waals surface area (Å²) in [6.07, 6.45) is 0.965. The maximum atomic E-state index is 13.0. The quantitative estimate of drug-likeness (QED) is 0.512. The molecule has 1 N–H and O–H groups in total. The lowest BCUT2D eigenvalue weighted by Crippen LogP contribution is -2.49. The van der Waals surface area contributed by atoms with Gasteiger partial charge >= 0.3 is 0 Å². The van der Waals surface area contributed by atoms with Crippen molar-refractivity contribution in [2.24, 2.45) is 0 Å². The molecule has 3 aromatic rings. The van der Waals surface area contributed by atoms with Crippen molar-refractivity contribution < 1.29 is 14.0 Å². The number of hydrogen-bond acceptors (Lipinski definition) is 3. The summed E-state index contributed by atoms with van der Waals surface area (Å²) in [5, 5.41) is 2.79. The maximum absolute atomic E-state index is 13.0. The van der Waals surface area contributed by atoms with Crippen LogP contribution in [0.15, 0.2) is 84.9 Å². The molecule has 5 nitrogen and oxygen atoms in total. The number of halogens is 1. The summed E-state index contributed by atoms with van der Waals surface area (Å²) in [7, 11) is 0. The molecular weight excluding hydrogens is 429 g/mol. The molecule has 1 fully saturated rings. The van der Waals surface area contributed by atoms with Crippen LogP contribution in [0.3, 0.4) is 0 Å². The number of nitrogens with zero attached hydrogens (tertiary/aromatic N) is 2. The molecule has 2 amide bonds. The lowest BCUT2D eigenvalue weighted by Gasteiger charge is -2.40. The molecule has 1 aliphatic heterocycles. The minimum atomic E-state index is -0.374. The minimum Gasteiger partial charge on any atom is -0.352 e. The number of nitrogens with one attached hydrogen (secondary N) is 1. The molecule has 4 rings (SSSR count). The molecule has 34 heavy (non-hydrogen) atoms. The van der Waals surface area contributed by atoms with Crippen LogP contribution in [-0.2, 0) is 4.79 Å². The van der Waals surface area contributed by atoms with Gasteiger partial charge in [0.05, 0.1) is 6.04 Å². The smallest absolute Gasteiger partial charge is 0.251 e. The molecule has 1 saturated heterocycles. The van der Waals surface area contributed by atoms with E-state index >= 15 is 0 Å². The van der Waals surface area contributed by atoms with Gasteiger partial charge in [-0.05, 0) is 41.8 Å². The third-order valence-electron chi connectivity index (χ3n) is 6.22. The number of carbonyl (C=O) groups is 2. The van der Waals surface area contributed by atoms with E-state index in [4.69, 9.17) is 0 Å². The van der Waals surface area contributed by atoms with E-state index in [0.29, 0.717) is 38.0 Å². The normalized spacial score (nSPS) is 14.2. The molecule has 0 saturated carbocycles. The third kappa shape index (κ3) is 6.08. The van der Waals surface area contributed by atoms with E-state index in [0.717, 1.165) is 13.1 Å². The fourth-order valence-corrected chi connectivity index (χ4v) is 4.42. The van der Waals surface area contributed by atoms with Crippen LogP contribution in [0, 0.1) is 5.82 Å². The van der Waals surface area contributed by atoms with Gasteiger partial charge in [-0.25, -0.2) is 4.39 Å². The summed E-state index contributed by atoms with van der Waals surface area (Å²) in [4.78, 5) is 29.2. The van der Waals surface area contributed by atoms with E-state index in [1.165, 1.54) is 35.4 Å². The van der Waals surface area contributed by atoms with E-state index < -0.39 is 0 Å². The van der Waals surface area contributed by atoms with Gasteiger partial charge in [-0.15, -0.1) is 0 Å². The van der Waals surface area contributed by atoms with E-state index in [1.807, 2.05) is 17.0 Å². The standard InChI is InChI=1S/C28H30FN3O2/c29-25-15-13-24(14-16-25)28(34)30-17-7-12-26(33)31-18-20-32(21-19-31)27(22-8-3-1-4-9-22)23-10-5-2-6-11-23/h1-6,8-11,13-16,27H,7,12,17-21H2,(H,30,34). The molecule has 0 bridgehead atoms. The predicted octanol–water partition coefficient (Wildman–Crippen LogP) is 4.27. The first-order valence-electron chi connectivity index (χ1n) is 11.8. The summed E-state index contributed by atoms with van der Waals surface area (Å²) in [6.45, 7) is 3.41. The average Bonchev–Trinajstić information content (AvgIpc) is 2.88. The molecule has 3 aromatic carbocycles. The van der Waals surface area contributed by atoms with Crippen molar-refractivity contribution in [3.8, 4) is 0 Å². The Labute approximate surface area is 200 Å². The van der Waals surface area contributed by atoms with Gasteiger partial charge in [-0.3, -0.25) is 14.5 Å². The van der Waals surface area contributed by atoms with Crippen molar-refractivity contribution in [3.05, 3.63) is 107 Å². The van der Waals surface area contributed by atoms with Crippen molar-refractivity contribution in [1.29, 1.82) is 0 Å². The molecule has 6 heteroatoms. The Morgan fingerprint density at radius 3 is 1.91 bits per heavy atom. The Balaban J connectivity index is 1.26. The zero-order valence-corrected chi connectivity index (χ0v) is 19.2. The van der Waals surface area contributed by atoms with Crippen molar-refractivity contribution in [2.75, 3.05) is 32.7 Å². The Kier molecular flexibility index (Phi) is 8.04. The molecule has 1 heterocycles. The van der Waals surface area contributed by atoms with Gasteiger partial charge in [-0.1, -0.05) is 60.7 Å². The minimum absolute atomic E-state index is 0.117. The fraction of sp³-hybridized carbons (Fsp3) is 0.286. The monoisotopic (exact) mass is 459 g/mol. The molecular formula is C28H30FN3O2. The zero-order chi connectivity index (χ0) is 23.8. The summed E-state index contributed by atoms with van der Waals surface area (Å²) >= 11 is 0. The largest absolute Gasteiger partial charge is 0.352 e. The van der Waals surface area contributed by atoms with Crippen LogP contribution < -0.4 is 5.32 Å². The SMILES string of the molecule is O=C(NCCCC(=O)N1CCN(C(c2ccccc2)c2ccccc2)CC1)c1ccc(F)cc1. The molecule has 0 aromatic heterocycles. The number of amides is 2. The van der Waals surface area contributed by atoms with Crippen LogP contribution in [0.5, 0.6) is 0 Å². The van der Waals surface area contributed by atoms with Gasteiger partial charge in [0.1, 0.15) is 5.82 Å². The molecule has 0 unspecified atom stereocenters. The lowest BCUT2D eigenvalue weighted by atomic mass is 9.96. The second-order valence-corrected chi connectivity index (χ2v) is 8.51. The van der Waals surface area contributed by atoms with Crippen molar-refractivity contribution in [3.63, 3.8) is 0 Å². The molecule has 176 valence electrons. The average molecular weight is 460 g/mol. The van der Waals surface area contributed by atoms with E-state index in [2.05, 4.69) is 58.7 Å². The molecule has 1 aliphatic rings. The Bertz CT molecular complexity index is 1030. The van der Waals surface area contributed by atoms with E-state index in [-0.39, 0.29) is 23.7 Å². The number of rotatable bonds is 8. The second-order valence-electron chi connectivity index (χ2n) is 8.51. The van der Waals surface area contributed by atoms with Crippen molar-refractivity contribution in [1.82, 2.24) is 15.1 Å².